The summed E-state index contributed by atoms with van der Waals surface area (Å²) in [5.74, 6) is -0.985. The maximum atomic E-state index is 14.0. The van der Waals surface area contributed by atoms with Gasteiger partial charge in [0.15, 0.2) is 0 Å². The number of benzene rings is 3. The molecule has 2 amide bonds. The summed E-state index contributed by atoms with van der Waals surface area (Å²) in [5, 5.41) is 2.92. The van der Waals surface area contributed by atoms with Crippen molar-refractivity contribution in [3.05, 3.63) is 90.2 Å². The van der Waals surface area contributed by atoms with Gasteiger partial charge >= 0.3 is 0 Å². The number of carbonyl (C=O) groups excluding carboxylic acids is 2. The zero-order chi connectivity index (χ0) is 29.5. The number of rotatable bonds is 11. The molecular formula is C30H36FN3O5S. The number of anilines is 1. The molecule has 1 N–H and O–H groups in total. The van der Waals surface area contributed by atoms with Gasteiger partial charge in [0.1, 0.15) is 24.2 Å². The van der Waals surface area contributed by atoms with Crippen molar-refractivity contribution in [3.8, 4) is 5.75 Å². The maximum absolute atomic E-state index is 14.0. The van der Waals surface area contributed by atoms with Crippen molar-refractivity contribution in [3.63, 3.8) is 0 Å². The highest BCUT2D eigenvalue weighted by molar-refractivity contribution is 7.92. The Balaban J connectivity index is 2.07. The van der Waals surface area contributed by atoms with Crippen LogP contribution in [0.4, 0.5) is 10.1 Å². The Morgan fingerprint density at radius 1 is 0.975 bits per heavy atom. The lowest BCUT2D eigenvalue weighted by atomic mass is 10.1. The first-order valence-electron chi connectivity index (χ1n) is 12.9. The second-order valence-electron chi connectivity index (χ2n) is 10.3. The van der Waals surface area contributed by atoms with Crippen molar-refractivity contribution in [1.29, 1.82) is 0 Å². The first-order valence-corrected chi connectivity index (χ1v) is 14.4. The molecule has 0 aliphatic rings. The fourth-order valence-corrected chi connectivity index (χ4v) is 5.60. The van der Waals surface area contributed by atoms with E-state index < -0.39 is 39.9 Å². The number of nitrogens with one attached hydrogen (secondary N) is 1. The summed E-state index contributed by atoms with van der Waals surface area (Å²) in [5.41, 5.74) is 0.263. The van der Waals surface area contributed by atoms with E-state index >= 15 is 0 Å². The van der Waals surface area contributed by atoms with E-state index in [2.05, 4.69) is 5.32 Å². The smallest absolute Gasteiger partial charge is 0.264 e. The summed E-state index contributed by atoms with van der Waals surface area (Å²) in [7, 11) is -2.72. The maximum Gasteiger partial charge on any atom is 0.264 e. The summed E-state index contributed by atoms with van der Waals surface area (Å²) >= 11 is 0. The summed E-state index contributed by atoms with van der Waals surface area (Å²) < 4.78 is 47.6. The molecule has 10 heteroatoms. The van der Waals surface area contributed by atoms with Crippen LogP contribution in [0.2, 0.25) is 0 Å². The molecule has 0 bridgehead atoms. The quantitative estimate of drug-likeness (QED) is 0.360. The van der Waals surface area contributed by atoms with Gasteiger partial charge in [-0.05, 0) is 69.2 Å². The van der Waals surface area contributed by atoms with Crippen molar-refractivity contribution >= 4 is 27.5 Å². The van der Waals surface area contributed by atoms with E-state index in [1.54, 1.807) is 43.3 Å². The van der Waals surface area contributed by atoms with Gasteiger partial charge in [0.05, 0.1) is 17.7 Å². The van der Waals surface area contributed by atoms with Crippen LogP contribution in [0.15, 0.2) is 83.8 Å². The van der Waals surface area contributed by atoms with Gasteiger partial charge in [-0.3, -0.25) is 13.9 Å². The monoisotopic (exact) mass is 569 g/mol. The molecule has 40 heavy (non-hydrogen) atoms. The first kappa shape index (κ1) is 30.6. The topological polar surface area (TPSA) is 96.0 Å². The second kappa shape index (κ2) is 13.0. The Bertz CT molecular complexity index is 1410. The molecule has 0 aliphatic heterocycles. The van der Waals surface area contributed by atoms with Gasteiger partial charge < -0.3 is 15.0 Å². The second-order valence-corrected chi connectivity index (χ2v) is 12.2. The molecule has 0 fully saturated rings. The zero-order valence-electron chi connectivity index (χ0n) is 23.4. The van der Waals surface area contributed by atoms with Crippen LogP contribution < -0.4 is 14.4 Å². The van der Waals surface area contributed by atoms with Crippen molar-refractivity contribution in [2.24, 2.45) is 0 Å². The number of halogens is 1. The minimum Gasteiger partial charge on any atom is -0.497 e. The minimum absolute atomic E-state index is 0.00761. The van der Waals surface area contributed by atoms with E-state index in [0.29, 0.717) is 11.3 Å². The molecule has 0 aromatic heterocycles. The number of methoxy groups -OCH3 is 1. The van der Waals surface area contributed by atoms with Crippen LogP contribution in [-0.2, 0) is 26.2 Å². The standard InChI is InChI=1S/C30H36FN3O5S/c1-6-27(29(36)32-30(2,3)4)33(20-22-15-17-23(31)18-16-22)28(35)21-34(24-11-10-12-25(19-24)39-5)40(37,38)26-13-8-7-9-14-26/h7-19,27H,6,20-21H2,1-5H3,(H,32,36). The lowest BCUT2D eigenvalue weighted by Gasteiger charge is -2.34. The van der Waals surface area contributed by atoms with Gasteiger partial charge in [-0.25, -0.2) is 12.8 Å². The molecule has 3 aromatic carbocycles. The minimum atomic E-state index is -4.19. The van der Waals surface area contributed by atoms with Gasteiger partial charge in [-0.1, -0.05) is 43.3 Å². The molecule has 0 heterocycles. The summed E-state index contributed by atoms with van der Waals surface area (Å²) in [6, 6.07) is 18.9. The van der Waals surface area contributed by atoms with E-state index in [1.807, 2.05) is 20.8 Å². The molecule has 0 aliphatic carbocycles. The van der Waals surface area contributed by atoms with Gasteiger partial charge in [-0.2, -0.15) is 0 Å². The highest BCUT2D eigenvalue weighted by atomic mass is 32.2. The van der Waals surface area contributed by atoms with Crippen molar-refractivity contribution in [1.82, 2.24) is 10.2 Å². The van der Waals surface area contributed by atoms with E-state index in [1.165, 1.54) is 54.5 Å². The largest absolute Gasteiger partial charge is 0.497 e. The third kappa shape index (κ3) is 7.81. The van der Waals surface area contributed by atoms with E-state index in [0.717, 1.165) is 4.31 Å². The molecule has 0 spiro atoms. The number of ether oxygens (including phenoxy) is 1. The highest BCUT2D eigenvalue weighted by Gasteiger charge is 2.34. The van der Waals surface area contributed by atoms with Crippen LogP contribution in [-0.4, -0.2) is 50.4 Å². The highest BCUT2D eigenvalue weighted by Crippen LogP contribution is 2.28. The third-order valence-electron chi connectivity index (χ3n) is 6.10. The predicted molar refractivity (Wildman–Crippen MR) is 153 cm³/mol. The molecule has 8 nitrogen and oxygen atoms in total. The molecule has 3 rings (SSSR count). The van der Waals surface area contributed by atoms with Crippen LogP contribution >= 0.6 is 0 Å². The van der Waals surface area contributed by atoms with Gasteiger partial charge in [0, 0.05) is 18.2 Å². The van der Waals surface area contributed by atoms with Crippen LogP contribution in [0, 0.1) is 5.82 Å². The Morgan fingerprint density at radius 2 is 1.62 bits per heavy atom. The average Bonchev–Trinajstić information content (AvgIpc) is 2.92. The molecular weight excluding hydrogens is 533 g/mol. The Hall–Kier alpha value is -3.92. The third-order valence-corrected chi connectivity index (χ3v) is 7.89. The van der Waals surface area contributed by atoms with Crippen molar-refractivity contribution in [2.45, 2.75) is 57.1 Å². The number of amides is 2. The number of carbonyl (C=O) groups is 2. The Labute approximate surface area is 235 Å². The van der Waals surface area contributed by atoms with Crippen molar-refractivity contribution < 1.29 is 27.1 Å². The predicted octanol–water partition coefficient (Wildman–Crippen LogP) is 4.75. The van der Waals surface area contributed by atoms with E-state index in [4.69, 9.17) is 4.74 Å². The van der Waals surface area contributed by atoms with Crippen LogP contribution in [0.5, 0.6) is 5.75 Å². The first-order chi connectivity index (χ1) is 18.9. The summed E-state index contributed by atoms with van der Waals surface area (Å²) in [6.45, 7) is 6.68. The summed E-state index contributed by atoms with van der Waals surface area (Å²) in [6.07, 6.45) is 0.277. The number of nitrogens with zero attached hydrogens (tertiary/aromatic N) is 2. The van der Waals surface area contributed by atoms with Gasteiger partial charge in [-0.15, -0.1) is 0 Å². The zero-order valence-corrected chi connectivity index (χ0v) is 24.2. The SMILES string of the molecule is CCC(C(=O)NC(C)(C)C)N(Cc1ccc(F)cc1)C(=O)CN(c1cccc(OC)c1)S(=O)(=O)c1ccccc1. The number of sulfonamides is 1. The molecule has 1 atom stereocenters. The Kier molecular flexibility index (Phi) is 9.92. The Morgan fingerprint density at radius 3 is 2.20 bits per heavy atom. The molecule has 1 unspecified atom stereocenters. The van der Waals surface area contributed by atoms with E-state index in [-0.39, 0.29) is 29.5 Å². The fourth-order valence-electron chi connectivity index (χ4n) is 4.17. The fraction of sp³-hybridized carbons (Fsp3) is 0.333. The molecule has 0 radical (unpaired) electrons. The lowest BCUT2D eigenvalue weighted by Crippen LogP contribution is -2.55. The number of hydrogen-bond acceptors (Lipinski definition) is 5. The van der Waals surface area contributed by atoms with Crippen molar-refractivity contribution in [2.75, 3.05) is 18.0 Å². The lowest BCUT2D eigenvalue weighted by molar-refractivity contribution is -0.141. The van der Waals surface area contributed by atoms with Crippen LogP contribution in [0.25, 0.3) is 0 Å². The molecule has 3 aromatic rings. The normalized spacial score (nSPS) is 12.3. The van der Waals surface area contributed by atoms with Crippen LogP contribution in [0.1, 0.15) is 39.7 Å². The summed E-state index contributed by atoms with van der Waals surface area (Å²) in [4.78, 5) is 28.7. The number of hydrogen-bond donors (Lipinski definition) is 1. The average molecular weight is 570 g/mol. The van der Waals surface area contributed by atoms with Gasteiger partial charge in [0.25, 0.3) is 10.0 Å². The van der Waals surface area contributed by atoms with Crippen LogP contribution in [0.3, 0.4) is 0 Å². The van der Waals surface area contributed by atoms with Gasteiger partial charge in [0.2, 0.25) is 11.8 Å². The van der Waals surface area contributed by atoms with E-state index in [9.17, 15) is 22.4 Å². The molecule has 214 valence electrons. The molecule has 0 saturated heterocycles. The molecule has 0 saturated carbocycles.